The summed E-state index contributed by atoms with van der Waals surface area (Å²) in [7, 11) is 0. The molecule has 0 spiro atoms. The normalized spacial score (nSPS) is 18.0. The molecule has 1 amide bonds. The number of hydrogen-bond acceptors (Lipinski definition) is 4. The minimum atomic E-state index is -0.929. The minimum Gasteiger partial charge on any atom is -0.503 e. The van der Waals surface area contributed by atoms with E-state index in [0.29, 0.717) is 0 Å². The van der Waals surface area contributed by atoms with Gasteiger partial charge in [-0.1, -0.05) is 25.1 Å². The lowest BCUT2D eigenvalue weighted by Gasteiger charge is -2.27. The van der Waals surface area contributed by atoms with Crippen molar-refractivity contribution >= 4 is 11.7 Å². The molecule has 1 unspecified atom stereocenters. The fourth-order valence-electron chi connectivity index (χ4n) is 2.77. The van der Waals surface area contributed by atoms with E-state index in [9.17, 15) is 19.1 Å². The van der Waals surface area contributed by atoms with Crippen molar-refractivity contribution in [2.45, 2.75) is 39.3 Å². The van der Waals surface area contributed by atoms with Crippen LogP contribution in [-0.2, 0) is 14.3 Å². The van der Waals surface area contributed by atoms with Gasteiger partial charge in [0.1, 0.15) is 5.82 Å². The Morgan fingerprint density at radius 2 is 2.04 bits per heavy atom. The number of ether oxygens (including phenoxy) is 1. The van der Waals surface area contributed by atoms with Crippen LogP contribution in [0.15, 0.2) is 35.6 Å². The van der Waals surface area contributed by atoms with Gasteiger partial charge in [0, 0.05) is 18.5 Å². The molecule has 2 rings (SSSR count). The Bertz CT molecular complexity index is 669. The number of Topliss-reactive ketones (excluding diaryl/α,β-unsaturated/α-hetero) is 1. The highest BCUT2D eigenvalue weighted by Gasteiger charge is 2.43. The number of aliphatic hydroxyl groups excluding tert-OH is 1. The lowest BCUT2D eigenvalue weighted by molar-refractivity contribution is -0.130. The molecule has 0 fully saturated rings. The first-order chi connectivity index (χ1) is 11.4. The van der Waals surface area contributed by atoms with Gasteiger partial charge in [0.2, 0.25) is 0 Å². The molecule has 6 heteroatoms. The van der Waals surface area contributed by atoms with Crippen molar-refractivity contribution in [1.29, 1.82) is 0 Å². The van der Waals surface area contributed by atoms with Crippen LogP contribution in [0.3, 0.4) is 0 Å². The third-order valence-corrected chi connectivity index (χ3v) is 3.91. The Morgan fingerprint density at radius 3 is 2.62 bits per heavy atom. The van der Waals surface area contributed by atoms with Crippen LogP contribution in [0.1, 0.15) is 38.8 Å². The largest absolute Gasteiger partial charge is 0.503 e. The number of rotatable bonds is 7. The van der Waals surface area contributed by atoms with E-state index in [4.69, 9.17) is 4.74 Å². The maximum Gasteiger partial charge on any atom is 0.290 e. The average molecular weight is 335 g/mol. The van der Waals surface area contributed by atoms with Gasteiger partial charge in [0.15, 0.2) is 11.5 Å². The summed E-state index contributed by atoms with van der Waals surface area (Å²) in [5.41, 5.74) is 0.147. The molecule has 1 aliphatic rings. The lowest BCUT2D eigenvalue weighted by Crippen LogP contribution is -2.35. The number of benzene rings is 1. The van der Waals surface area contributed by atoms with E-state index in [-0.39, 0.29) is 42.6 Å². The third-order valence-electron chi connectivity index (χ3n) is 3.91. The second-order valence-electron chi connectivity index (χ2n) is 5.88. The monoisotopic (exact) mass is 335 g/mol. The molecule has 0 aliphatic carbocycles. The highest BCUT2D eigenvalue weighted by molar-refractivity contribution is 6.08. The van der Waals surface area contributed by atoms with Crippen molar-refractivity contribution < 1.29 is 23.8 Å². The van der Waals surface area contributed by atoms with Crippen LogP contribution in [-0.4, -0.2) is 41.0 Å². The maximum absolute atomic E-state index is 14.3. The summed E-state index contributed by atoms with van der Waals surface area (Å²) in [6, 6.07) is 5.03. The standard InChI is InChI=1S/C18H22FNO4/c1-4-14(21)15-16(12-7-5-6-8-13(12)19)20(18(23)17(15)22)9-10-24-11(2)3/h5-8,11,16,22H,4,9-10H2,1-3H3. The van der Waals surface area contributed by atoms with Gasteiger partial charge in [-0.05, 0) is 19.9 Å². The van der Waals surface area contributed by atoms with E-state index < -0.39 is 23.5 Å². The highest BCUT2D eigenvalue weighted by atomic mass is 19.1. The van der Waals surface area contributed by atoms with Gasteiger partial charge in [-0.25, -0.2) is 4.39 Å². The number of ketones is 1. The topological polar surface area (TPSA) is 66.8 Å². The van der Waals surface area contributed by atoms with Crippen molar-refractivity contribution in [3.63, 3.8) is 0 Å². The zero-order valence-electron chi connectivity index (χ0n) is 14.1. The van der Waals surface area contributed by atoms with Gasteiger partial charge in [-0.2, -0.15) is 0 Å². The van der Waals surface area contributed by atoms with E-state index in [2.05, 4.69) is 0 Å². The summed E-state index contributed by atoms with van der Waals surface area (Å²) in [5.74, 6) is -2.17. The Hall–Kier alpha value is -2.21. The van der Waals surface area contributed by atoms with Gasteiger partial charge < -0.3 is 14.7 Å². The number of carbonyl (C=O) groups excluding carboxylic acids is 2. The molecule has 130 valence electrons. The van der Waals surface area contributed by atoms with Crippen LogP contribution in [0, 0.1) is 5.82 Å². The van der Waals surface area contributed by atoms with Crippen molar-refractivity contribution in [2.24, 2.45) is 0 Å². The number of carbonyl (C=O) groups is 2. The van der Waals surface area contributed by atoms with Crippen molar-refractivity contribution in [3.05, 3.63) is 47.0 Å². The number of aliphatic hydroxyl groups is 1. The first-order valence-electron chi connectivity index (χ1n) is 8.01. The van der Waals surface area contributed by atoms with Crippen molar-refractivity contribution in [1.82, 2.24) is 4.90 Å². The smallest absolute Gasteiger partial charge is 0.290 e. The molecule has 0 bridgehead atoms. The molecule has 1 atom stereocenters. The molecule has 1 N–H and O–H groups in total. The summed E-state index contributed by atoms with van der Waals surface area (Å²) >= 11 is 0. The van der Waals surface area contributed by atoms with Gasteiger partial charge in [-0.3, -0.25) is 9.59 Å². The molecule has 0 saturated carbocycles. The predicted molar refractivity (Wildman–Crippen MR) is 86.9 cm³/mol. The van der Waals surface area contributed by atoms with Crippen LogP contribution >= 0.6 is 0 Å². The first kappa shape index (κ1) is 18.1. The fourth-order valence-corrected chi connectivity index (χ4v) is 2.77. The van der Waals surface area contributed by atoms with Crippen LogP contribution < -0.4 is 0 Å². The first-order valence-corrected chi connectivity index (χ1v) is 8.01. The predicted octanol–water partition coefficient (Wildman–Crippen LogP) is 2.93. The molecule has 0 saturated heterocycles. The molecular weight excluding hydrogens is 313 g/mol. The number of hydrogen-bond donors (Lipinski definition) is 1. The molecule has 1 aliphatic heterocycles. The molecule has 1 aromatic carbocycles. The lowest BCUT2D eigenvalue weighted by atomic mass is 9.95. The summed E-state index contributed by atoms with van der Waals surface area (Å²) in [4.78, 5) is 25.9. The summed E-state index contributed by atoms with van der Waals surface area (Å²) < 4.78 is 19.7. The van der Waals surface area contributed by atoms with E-state index in [1.807, 2.05) is 13.8 Å². The van der Waals surface area contributed by atoms with Crippen LogP contribution in [0.25, 0.3) is 0 Å². The summed E-state index contributed by atoms with van der Waals surface area (Å²) in [6.45, 7) is 5.75. The van der Waals surface area contributed by atoms with Gasteiger partial charge in [0.05, 0.1) is 24.3 Å². The Balaban J connectivity index is 2.42. The van der Waals surface area contributed by atoms with E-state index >= 15 is 0 Å². The highest BCUT2D eigenvalue weighted by Crippen LogP contribution is 2.38. The molecule has 1 aromatic rings. The Morgan fingerprint density at radius 1 is 1.38 bits per heavy atom. The molecular formula is C18H22FNO4. The third kappa shape index (κ3) is 3.48. The second kappa shape index (κ2) is 7.57. The van der Waals surface area contributed by atoms with Gasteiger partial charge in [0.25, 0.3) is 5.91 Å². The Labute approximate surface area is 140 Å². The van der Waals surface area contributed by atoms with E-state index in [0.717, 1.165) is 0 Å². The average Bonchev–Trinajstić information content (AvgIpc) is 2.79. The SMILES string of the molecule is CCC(=O)C1=C(O)C(=O)N(CCOC(C)C)C1c1ccccc1F. The Kier molecular flexibility index (Phi) is 5.72. The number of amides is 1. The van der Waals surface area contributed by atoms with Gasteiger partial charge >= 0.3 is 0 Å². The van der Waals surface area contributed by atoms with Gasteiger partial charge in [-0.15, -0.1) is 0 Å². The maximum atomic E-state index is 14.3. The molecule has 0 aromatic heterocycles. The second-order valence-corrected chi connectivity index (χ2v) is 5.88. The fraction of sp³-hybridized carbons (Fsp3) is 0.444. The van der Waals surface area contributed by atoms with E-state index in [1.54, 1.807) is 13.0 Å². The van der Waals surface area contributed by atoms with Crippen molar-refractivity contribution in [3.8, 4) is 0 Å². The zero-order chi connectivity index (χ0) is 17.9. The van der Waals surface area contributed by atoms with Crippen LogP contribution in [0.2, 0.25) is 0 Å². The van der Waals surface area contributed by atoms with Crippen LogP contribution in [0.4, 0.5) is 4.39 Å². The number of nitrogens with zero attached hydrogens (tertiary/aromatic N) is 1. The summed E-state index contributed by atoms with van der Waals surface area (Å²) in [5, 5.41) is 10.2. The van der Waals surface area contributed by atoms with E-state index in [1.165, 1.54) is 23.1 Å². The number of halogens is 1. The van der Waals surface area contributed by atoms with Crippen LogP contribution in [0.5, 0.6) is 0 Å². The molecule has 5 nitrogen and oxygen atoms in total. The molecule has 0 radical (unpaired) electrons. The van der Waals surface area contributed by atoms with Crippen molar-refractivity contribution in [2.75, 3.05) is 13.2 Å². The summed E-state index contributed by atoms with van der Waals surface area (Å²) in [6.07, 6.45) is 0.0986. The zero-order valence-corrected chi connectivity index (χ0v) is 14.1. The quantitative estimate of drug-likeness (QED) is 0.832. The molecule has 1 heterocycles. The molecule has 24 heavy (non-hydrogen) atoms. The minimum absolute atomic E-state index is 0.0204.